The van der Waals surface area contributed by atoms with Crippen LogP contribution in [0.3, 0.4) is 0 Å². The maximum atomic E-state index is 11.5. The normalized spacial score (nSPS) is 10.6. The molecule has 0 aromatic rings. The molecule has 80 valence electrons. The van der Waals surface area contributed by atoms with Gasteiger partial charge in [0.2, 0.25) is 0 Å². The van der Waals surface area contributed by atoms with Gasteiger partial charge >= 0.3 is 11.9 Å². The highest BCUT2D eigenvalue weighted by Gasteiger charge is 2.14. The van der Waals surface area contributed by atoms with E-state index < -0.39 is 18.4 Å². The number of hydrogen-bond donors (Lipinski definition) is 0. The van der Waals surface area contributed by atoms with Crippen molar-refractivity contribution < 1.29 is 27.8 Å². The molecule has 0 spiro atoms. The minimum absolute atomic E-state index is 0.128. The van der Waals surface area contributed by atoms with E-state index in [0.29, 0.717) is 6.08 Å². The third-order valence-electron chi connectivity index (χ3n) is 1.15. The molecule has 0 saturated carbocycles. The number of alkyl halides is 2. The SMILES string of the molecule is COC(=O)C(=O)OCC/C=C/C(F)F. The monoisotopic (exact) mass is 208 g/mol. The highest BCUT2D eigenvalue weighted by molar-refractivity contribution is 6.29. The summed E-state index contributed by atoms with van der Waals surface area (Å²) in [5.41, 5.74) is 0. The third kappa shape index (κ3) is 6.10. The van der Waals surface area contributed by atoms with Crippen molar-refractivity contribution in [1.29, 1.82) is 0 Å². The summed E-state index contributed by atoms with van der Waals surface area (Å²) in [5, 5.41) is 0. The second-order valence-electron chi connectivity index (χ2n) is 2.18. The van der Waals surface area contributed by atoms with E-state index in [9.17, 15) is 18.4 Å². The number of carbonyl (C=O) groups excluding carboxylic acids is 2. The lowest BCUT2D eigenvalue weighted by atomic mass is 10.4. The molecule has 14 heavy (non-hydrogen) atoms. The molecule has 0 aromatic heterocycles. The number of allylic oxidation sites excluding steroid dienone is 1. The highest BCUT2D eigenvalue weighted by atomic mass is 19.3. The van der Waals surface area contributed by atoms with Crippen molar-refractivity contribution in [3.63, 3.8) is 0 Å². The molecule has 0 aromatic carbocycles. The van der Waals surface area contributed by atoms with E-state index in [0.717, 1.165) is 13.2 Å². The van der Waals surface area contributed by atoms with E-state index >= 15 is 0 Å². The second kappa shape index (κ2) is 6.99. The summed E-state index contributed by atoms with van der Waals surface area (Å²) in [7, 11) is 1.04. The zero-order chi connectivity index (χ0) is 11.0. The molecule has 4 nitrogen and oxygen atoms in total. The van der Waals surface area contributed by atoms with Crippen molar-refractivity contribution in [3.05, 3.63) is 12.2 Å². The fourth-order valence-electron chi connectivity index (χ4n) is 0.561. The van der Waals surface area contributed by atoms with Crippen LogP contribution in [-0.4, -0.2) is 32.1 Å². The van der Waals surface area contributed by atoms with Crippen LogP contribution in [0.5, 0.6) is 0 Å². The Kier molecular flexibility index (Phi) is 6.26. The first-order chi connectivity index (χ1) is 6.57. The lowest BCUT2D eigenvalue weighted by molar-refractivity contribution is -0.165. The van der Waals surface area contributed by atoms with Gasteiger partial charge in [0, 0.05) is 0 Å². The van der Waals surface area contributed by atoms with Crippen LogP contribution >= 0.6 is 0 Å². The molecule has 0 amide bonds. The lowest BCUT2D eigenvalue weighted by Gasteiger charge is -1.99. The van der Waals surface area contributed by atoms with Gasteiger partial charge in [-0.1, -0.05) is 6.08 Å². The van der Waals surface area contributed by atoms with E-state index in [2.05, 4.69) is 9.47 Å². The molecule has 0 radical (unpaired) electrons. The van der Waals surface area contributed by atoms with Crippen molar-refractivity contribution in [2.75, 3.05) is 13.7 Å². The average molecular weight is 208 g/mol. The summed E-state index contributed by atoms with van der Waals surface area (Å²) >= 11 is 0. The molecule has 6 heteroatoms. The number of esters is 2. The fraction of sp³-hybridized carbons (Fsp3) is 0.500. The van der Waals surface area contributed by atoms with Gasteiger partial charge in [0.25, 0.3) is 6.43 Å². The van der Waals surface area contributed by atoms with Gasteiger partial charge in [-0.3, -0.25) is 0 Å². The number of halogens is 2. The molecule has 0 rings (SSSR count). The maximum absolute atomic E-state index is 11.5. The average Bonchev–Trinajstić information content (AvgIpc) is 2.15. The summed E-state index contributed by atoms with van der Waals surface area (Å²) in [6, 6.07) is 0. The Morgan fingerprint density at radius 3 is 2.50 bits per heavy atom. The highest BCUT2D eigenvalue weighted by Crippen LogP contribution is 1.95. The first kappa shape index (κ1) is 12.5. The van der Waals surface area contributed by atoms with Gasteiger partial charge in [-0.05, 0) is 12.5 Å². The molecule has 0 N–H and O–H groups in total. The van der Waals surface area contributed by atoms with Crippen LogP contribution < -0.4 is 0 Å². The zero-order valence-electron chi connectivity index (χ0n) is 7.54. The Morgan fingerprint density at radius 1 is 1.36 bits per heavy atom. The van der Waals surface area contributed by atoms with E-state index in [1.165, 1.54) is 0 Å². The summed E-state index contributed by atoms with van der Waals surface area (Å²) in [5.74, 6) is -2.24. The van der Waals surface area contributed by atoms with E-state index in [1.807, 2.05) is 0 Å². The van der Waals surface area contributed by atoms with Gasteiger partial charge in [0.15, 0.2) is 0 Å². The largest absolute Gasteiger partial charge is 0.461 e. The Bertz CT molecular complexity index is 225. The molecule has 0 aliphatic carbocycles. The number of methoxy groups -OCH3 is 1. The Morgan fingerprint density at radius 2 is 2.00 bits per heavy atom. The van der Waals surface area contributed by atoms with E-state index in [1.54, 1.807) is 0 Å². The molecule has 0 aliphatic rings. The summed E-state index contributed by atoms with van der Waals surface area (Å²) in [4.78, 5) is 21.1. The predicted molar refractivity (Wildman–Crippen MR) is 42.7 cm³/mol. The topological polar surface area (TPSA) is 52.6 Å². The molecule has 0 bridgehead atoms. The summed E-state index contributed by atoms with van der Waals surface area (Å²) < 4.78 is 31.5. The minimum Gasteiger partial charge on any atom is -0.461 e. The molecule has 0 unspecified atom stereocenters. The molecule has 0 aliphatic heterocycles. The summed E-state index contributed by atoms with van der Waals surface area (Å²) in [6.45, 7) is -0.128. The third-order valence-corrected chi connectivity index (χ3v) is 1.15. The Labute approximate surface area is 79.5 Å². The first-order valence-corrected chi connectivity index (χ1v) is 3.77. The molecule has 0 atom stereocenters. The van der Waals surface area contributed by atoms with Gasteiger partial charge in [-0.15, -0.1) is 0 Å². The van der Waals surface area contributed by atoms with Gasteiger partial charge in [-0.25, -0.2) is 18.4 Å². The Hall–Kier alpha value is -1.46. The van der Waals surface area contributed by atoms with Crippen LogP contribution in [0.15, 0.2) is 12.2 Å². The van der Waals surface area contributed by atoms with Crippen LogP contribution in [0.25, 0.3) is 0 Å². The number of ether oxygens (including phenoxy) is 2. The van der Waals surface area contributed by atoms with Gasteiger partial charge in [0.05, 0.1) is 13.7 Å². The van der Waals surface area contributed by atoms with Crippen LogP contribution in [0.1, 0.15) is 6.42 Å². The second-order valence-corrected chi connectivity index (χ2v) is 2.18. The van der Waals surface area contributed by atoms with Crippen LogP contribution in [0.2, 0.25) is 0 Å². The predicted octanol–water partition coefficient (Wildman–Crippen LogP) is 0.914. The molecular weight excluding hydrogens is 198 g/mol. The van der Waals surface area contributed by atoms with Crippen molar-refractivity contribution in [2.24, 2.45) is 0 Å². The Balaban J connectivity index is 3.55. The van der Waals surface area contributed by atoms with E-state index in [-0.39, 0.29) is 13.0 Å². The number of hydrogen-bond acceptors (Lipinski definition) is 4. The minimum atomic E-state index is -2.52. The number of rotatable bonds is 4. The van der Waals surface area contributed by atoms with Crippen LogP contribution in [0.4, 0.5) is 8.78 Å². The quantitative estimate of drug-likeness (QED) is 0.298. The van der Waals surface area contributed by atoms with Gasteiger partial charge in [-0.2, -0.15) is 0 Å². The molecular formula is C8H10F2O4. The molecule has 0 heterocycles. The lowest BCUT2D eigenvalue weighted by Crippen LogP contribution is -2.19. The van der Waals surface area contributed by atoms with Crippen LogP contribution in [-0.2, 0) is 19.1 Å². The van der Waals surface area contributed by atoms with Crippen LogP contribution in [0, 0.1) is 0 Å². The van der Waals surface area contributed by atoms with Crippen molar-refractivity contribution >= 4 is 11.9 Å². The van der Waals surface area contributed by atoms with Gasteiger partial charge in [0.1, 0.15) is 0 Å². The molecule has 0 fully saturated rings. The number of carbonyl (C=O) groups is 2. The zero-order valence-corrected chi connectivity index (χ0v) is 7.54. The van der Waals surface area contributed by atoms with Gasteiger partial charge < -0.3 is 9.47 Å². The summed E-state index contributed by atoms with van der Waals surface area (Å²) in [6.07, 6.45) is -0.555. The first-order valence-electron chi connectivity index (χ1n) is 3.77. The maximum Gasteiger partial charge on any atom is 0.417 e. The molecule has 0 saturated heterocycles. The standard InChI is InChI=1S/C8H10F2O4/c1-13-7(11)8(12)14-5-3-2-4-6(9)10/h2,4,6H,3,5H2,1H3/b4-2+. The van der Waals surface area contributed by atoms with Crippen molar-refractivity contribution in [3.8, 4) is 0 Å². The fourth-order valence-corrected chi connectivity index (χ4v) is 0.561. The van der Waals surface area contributed by atoms with Crippen molar-refractivity contribution in [2.45, 2.75) is 12.8 Å². The van der Waals surface area contributed by atoms with E-state index in [4.69, 9.17) is 0 Å². The van der Waals surface area contributed by atoms with Crippen molar-refractivity contribution in [1.82, 2.24) is 0 Å². The smallest absolute Gasteiger partial charge is 0.417 e.